The summed E-state index contributed by atoms with van der Waals surface area (Å²) in [4.78, 5) is 10.8. The summed E-state index contributed by atoms with van der Waals surface area (Å²) in [5.74, 6) is -0.539. The van der Waals surface area contributed by atoms with Crippen molar-refractivity contribution in [3.8, 4) is 12.1 Å². The highest BCUT2D eigenvalue weighted by atomic mass is 16.5. The first-order valence-corrected chi connectivity index (χ1v) is 3.60. The van der Waals surface area contributed by atoms with E-state index in [1.165, 1.54) is 0 Å². The summed E-state index contributed by atoms with van der Waals surface area (Å²) in [7, 11) is 0. The van der Waals surface area contributed by atoms with Crippen LogP contribution in [0.1, 0.15) is 13.3 Å². The molecule has 0 bridgehead atoms. The molecular formula is C8H9N3O2. The molecule has 0 aromatic heterocycles. The van der Waals surface area contributed by atoms with Gasteiger partial charge in [-0.2, -0.15) is 10.5 Å². The maximum absolute atomic E-state index is 10.8. The van der Waals surface area contributed by atoms with E-state index in [-0.39, 0.29) is 24.3 Å². The Kier molecular flexibility index (Phi) is 4.75. The quantitative estimate of drug-likeness (QED) is 0.492. The van der Waals surface area contributed by atoms with Gasteiger partial charge in [0.05, 0.1) is 13.0 Å². The fourth-order valence-electron chi connectivity index (χ4n) is 0.625. The van der Waals surface area contributed by atoms with Crippen LogP contribution >= 0.6 is 0 Å². The average molecular weight is 179 g/mol. The molecule has 0 unspecified atom stereocenters. The van der Waals surface area contributed by atoms with Crippen LogP contribution in [0.25, 0.3) is 0 Å². The zero-order valence-corrected chi connectivity index (χ0v) is 7.20. The molecule has 5 nitrogen and oxygen atoms in total. The van der Waals surface area contributed by atoms with Gasteiger partial charge in [0.25, 0.3) is 0 Å². The van der Waals surface area contributed by atoms with Gasteiger partial charge in [-0.1, -0.05) is 0 Å². The standard InChI is InChI=1S/C8H9N3O2/c1-2-13-8(12)3-7(11)6(4-9)5-10/h2-3,11H2,1H3. The number of nitrogens with zero attached hydrogens (tertiary/aromatic N) is 2. The molecule has 68 valence electrons. The lowest BCUT2D eigenvalue weighted by Gasteiger charge is -2.00. The number of nitrogens with two attached hydrogens (primary N) is 1. The summed E-state index contributed by atoms with van der Waals surface area (Å²) < 4.78 is 4.58. The summed E-state index contributed by atoms with van der Waals surface area (Å²) in [6.07, 6.45) is -0.218. The van der Waals surface area contributed by atoms with Crippen molar-refractivity contribution in [2.45, 2.75) is 13.3 Å². The van der Waals surface area contributed by atoms with Crippen LogP contribution in [0.2, 0.25) is 0 Å². The van der Waals surface area contributed by atoms with Gasteiger partial charge in [-0.25, -0.2) is 0 Å². The van der Waals surface area contributed by atoms with Gasteiger partial charge >= 0.3 is 5.97 Å². The van der Waals surface area contributed by atoms with E-state index in [1.807, 2.05) is 0 Å². The second-order valence-corrected chi connectivity index (χ2v) is 2.11. The van der Waals surface area contributed by atoms with E-state index in [2.05, 4.69) is 4.74 Å². The highest BCUT2D eigenvalue weighted by Gasteiger charge is 2.08. The lowest BCUT2D eigenvalue weighted by Crippen LogP contribution is -2.11. The molecule has 0 aliphatic rings. The molecule has 13 heavy (non-hydrogen) atoms. The SMILES string of the molecule is CCOC(=O)CC(N)=C(C#N)C#N. The van der Waals surface area contributed by atoms with Crippen molar-refractivity contribution in [1.82, 2.24) is 0 Å². The van der Waals surface area contributed by atoms with Crippen LogP contribution in [0.5, 0.6) is 0 Å². The van der Waals surface area contributed by atoms with Gasteiger partial charge in [0.15, 0.2) is 0 Å². The number of rotatable bonds is 3. The molecule has 5 heteroatoms. The molecule has 0 spiro atoms. The summed E-state index contributed by atoms with van der Waals surface area (Å²) in [5, 5.41) is 16.8. The Labute approximate surface area is 76.0 Å². The van der Waals surface area contributed by atoms with E-state index >= 15 is 0 Å². The summed E-state index contributed by atoms with van der Waals surface area (Å²) >= 11 is 0. The fourth-order valence-corrected chi connectivity index (χ4v) is 0.625. The van der Waals surface area contributed by atoms with Crippen LogP contribution < -0.4 is 5.73 Å². The summed E-state index contributed by atoms with van der Waals surface area (Å²) in [6.45, 7) is 1.91. The maximum Gasteiger partial charge on any atom is 0.311 e. The van der Waals surface area contributed by atoms with Crippen molar-refractivity contribution in [2.24, 2.45) is 5.73 Å². The largest absolute Gasteiger partial charge is 0.466 e. The van der Waals surface area contributed by atoms with Gasteiger partial charge in [-0.05, 0) is 6.92 Å². The lowest BCUT2D eigenvalue weighted by molar-refractivity contribution is -0.142. The van der Waals surface area contributed by atoms with Gasteiger partial charge in [0.1, 0.15) is 17.7 Å². The molecule has 0 aromatic rings. The molecular weight excluding hydrogens is 170 g/mol. The molecule has 0 aliphatic heterocycles. The minimum atomic E-state index is -0.539. The minimum absolute atomic E-state index is 0.0524. The van der Waals surface area contributed by atoms with E-state index in [4.69, 9.17) is 16.3 Å². The molecule has 2 N–H and O–H groups in total. The molecule has 0 aromatic carbocycles. The Morgan fingerprint density at radius 1 is 1.46 bits per heavy atom. The number of hydrogen-bond donors (Lipinski definition) is 1. The third kappa shape index (κ3) is 3.78. The second kappa shape index (κ2) is 5.62. The van der Waals surface area contributed by atoms with Crippen LogP contribution in [0, 0.1) is 22.7 Å². The number of carbonyl (C=O) groups is 1. The van der Waals surface area contributed by atoms with Gasteiger partial charge in [0, 0.05) is 5.70 Å². The number of hydrogen-bond acceptors (Lipinski definition) is 5. The highest BCUT2D eigenvalue weighted by Crippen LogP contribution is 2.02. The van der Waals surface area contributed by atoms with E-state index in [0.29, 0.717) is 0 Å². The van der Waals surface area contributed by atoms with Gasteiger partial charge in [0.2, 0.25) is 0 Å². The third-order valence-electron chi connectivity index (χ3n) is 1.18. The molecule has 0 aliphatic carbocycles. The highest BCUT2D eigenvalue weighted by molar-refractivity contribution is 5.73. The first kappa shape index (κ1) is 11.0. The van der Waals surface area contributed by atoms with Crippen molar-refractivity contribution in [3.63, 3.8) is 0 Å². The second-order valence-electron chi connectivity index (χ2n) is 2.11. The third-order valence-corrected chi connectivity index (χ3v) is 1.18. The number of esters is 1. The molecule has 0 atom stereocenters. The zero-order chi connectivity index (χ0) is 10.3. The molecule has 0 heterocycles. The lowest BCUT2D eigenvalue weighted by atomic mass is 10.2. The van der Waals surface area contributed by atoms with Crippen LogP contribution in [-0.2, 0) is 9.53 Å². The van der Waals surface area contributed by atoms with Crippen LogP contribution in [-0.4, -0.2) is 12.6 Å². The smallest absolute Gasteiger partial charge is 0.311 e. The predicted octanol–water partition coefficient (Wildman–Crippen LogP) is 0.200. The number of nitriles is 2. The van der Waals surface area contributed by atoms with E-state index in [1.54, 1.807) is 19.1 Å². The Morgan fingerprint density at radius 2 is 2.00 bits per heavy atom. The first-order valence-electron chi connectivity index (χ1n) is 3.60. The van der Waals surface area contributed by atoms with Gasteiger partial charge in [-0.3, -0.25) is 4.79 Å². The van der Waals surface area contributed by atoms with Crippen molar-refractivity contribution >= 4 is 5.97 Å². The van der Waals surface area contributed by atoms with E-state index < -0.39 is 5.97 Å². The Bertz CT molecular complexity index is 290. The molecule has 0 saturated heterocycles. The van der Waals surface area contributed by atoms with E-state index in [9.17, 15) is 4.79 Å². The molecule has 0 fully saturated rings. The minimum Gasteiger partial charge on any atom is -0.466 e. The van der Waals surface area contributed by atoms with Crippen molar-refractivity contribution in [1.29, 1.82) is 10.5 Å². The van der Waals surface area contributed by atoms with Crippen molar-refractivity contribution in [3.05, 3.63) is 11.3 Å². The Hall–Kier alpha value is -2.01. The van der Waals surface area contributed by atoms with Crippen LogP contribution in [0.15, 0.2) is 11.3 Å². The molecule has 0 saturated carbocycles. The molecule has 0 radical (unpaired) electrons. The number of allylic oxidation sites excluding steroid dienone is 1. The Balaban J connectivity index is 4.39. The fraction of sp³-hybridized carbons (Fsp3) is 0.375. The average Bonchev–Trinajstić information content (AvgIpc) is 2.06. The van der Waals surface area contributed by atoms with E-state index in [0.717, 1.165) is 0 Å². The van der Waals surface area contributed by atoms with Crippen molar-refractivity contribution < 1.29 is 9.53 Å². The van der Waals surface area contributed by atoms with Crippen molar-refractivity contribution in [2.75, 3.05) is 6.61 Å². The maximum atomic E-state index is 10.8. The van der Waals surface area contributed by atoms with Crippen LogP contribution in [0.3, 0.4) is 0 Å². The van der Waals surface area contributed by atoms with Gasteiger partial charge in [-0.15, -0.1) is 0 Å². The summed E-state index contributed by atoms with van der Waals surface area (Å²) in [6, 6.07) is 3.17. The molecule has 0 rings (SSSR count). The number of ether oxygens (including phenoxy) is 1. The molecule has 0 amide bonds. The topological polar surface area (TPSA) is 99.9 Å². The predicted molar refractivity (Wildman–Crippen MR) is 43.7 cm³/mol. The summed E-state index contributed by atoms with van der Waals surface area (Å²) in [5.41, 5.74) is 5.01. The monoisotopic (exact) mass is 179 g/mol. The number of carbonyl (C=O) groups excluding carboxylic acids is 1. The normalized spacial score (nSPS) is 7.92. The first-order chi connectivity index (χ1) is 6.15. The Morgan fingerprint density at radius 3 is 2.38 bits per heavy atom. The van der Waals surface area contributed by atoms with Crippen LogP contribution in [0.4, 0.5) is 0 Å². The van der Waals surface area contributed by atoms with Gasteiger partial charge < -0.3 is 10.5 Å². The zero-order valence-electron chi connectivity index (χ0n) is 7.20.